The molecule has 0 aliphatic rings. The van der Waals surface area contributed by atoms with E-state index in [-0.39, 0.29) is 11.7 Å². The first-order valence-corrected chi connectivity index (χ1v) is 9.88. The number of rotatable bonds is 6. The Morgan fingerprint density at radius 3 is 2.96 bits per heavy atom. The van der Waals surface area contributed by atoms with Crippen LogP contribution in [0, 0.1) is 13.8 Å². The van der Waals surface area contributed by atoms with Gasteiger partial charge in [0, 0.05) is 11.3 Å². The van der Waals surface area contributed by atoms with E-state index in [0.29, 0.717) is 15.9 Å². The largest absolute Gasteiger partial charge is 0.324 e. The van der Waals surface area contributed by atoms with Crippen LogP contribution in [0.5, 0.6) is 0 Å². The number of H-pyrrole nitrogens is 1. The monoisotopic (exact) mass is 392 g/mol. The standard InChI is InChI=1S/C17H17ClN4OS2/c1-10-6-11(2)16(13(18)7-10)20-15(23)9-25-17-19-14(21-22-17)8-12-4-3-5-24-12/h3-7H,8-9H2,1-2H3,(H,20,23)(H,19,21,22). The lowest BCUT2D eigenvalue weighted by Crippen LogP contribution is -2.15. The molecule has 2 heterocycles. The summed E-state index contributed by atoms with van der Waals surface area (Å²) in [5.74, 6) is 0.881. The Hall–Kier alpha value is -1.83. The quantitative estimate of drug-likeness (QED) is 0.607. The molecule has 0 spiro atoms. The van der Waals surface area contributed by atoms with Crippen LogP contribution in [0.3, 0.4) is 0 Å². The fourth-order valence-corrected chi connectivity index (χ4v) is 4.07. The van der Waals surface area contributed by atoms with Crippen molar-refractivity contribution < 1.29 is 4.79 Å². The number of nitrogens with one attached hydrogen (secondary N) is 2. The summed E-state index contributed by atoms with van der Waals surface area (Å²) >= 11 is 9.19. The average Bonchev–Trinajstić information content (AvgIpc) is 3.21. The summed E-state index contributed by atoms with van der Waals surface area (Å²) in [4.78, 5) is 17.8. The first-order chi connectivity index (χ1) is 12.0. The van der Waals surface area contributed by atoms with Crippen molar-refractivity contribution in [2.75, 3.05) is 11.1 Å². The molecule has 0 saturated heterocycles. The normalized spacial score (nSPS) is 10.8. The molecule has 0 bridgehead atoms. The van der Waals surface area contributed by atoms with Gasteiger partial charge in [-0.25, -0.2) is 4.98 Å². The number of aromatic amines is 1. The number of thiophene rings is 1. The van der Waals surface area contributed by atoms with Crippen LogP contribution in [-0.2, 0) is 11.2 Å². The van der Waals surface area contributed by atoms with Crippen LogP contribution in [-0.4, -0.2) is 26.8 Å². The van der Waals surface area contributed by atoms with Crippen molar-refractivity contribution in [3.05, 3.63) is 56.5 Å². The third kappa shape index (κ3) is 4.84. The molecule has 25 heavy (non-hydrogen) atoms. The predicted molar refractivity (Wildman–Crippen MR) is 104 cm³/mol. The van der Waals surface area contributed by atoms with Crippen LogP contribution in [0.4, 0.5) is 5.69 Å². The summed E-state index contributed by atoms with van der Waals surface area (Å²) in [7, 11) is 0. The molecule has 0 fully saturated rings. The molecule has 3 aromatic rings. The fraction of sp³-hybridized carbons (Fsp3) is 0.235. The van der Waals surface area contributed by atoms with Gasteiger partial charge in [0.15, 0.2) is 0 Å². The van der Waals surface area contributed by atoms with Crippen molar-refractivity contribution in [1.82, 2.24) is 15.2 Å². The van der Waals surface area contributed by atoms with Gasteiger partial charge in [0.2, 0.25) is 11.1 Å². The summed E-state index contributed by atoms with van der Waals surface area (Å²) in [5.41, 5.74) is 2.67. The number of carbonyl (C=O) groups excluding carboxylic acids is 1. The zero-order valence-electron chi connectivity index (χ0n) is 13.8. The van der Waals surface area contributed by atoms with Gasteiger partial charge in [-0.2, -0.15) is 0 Å². The van der Waals surface area contributed by atoms with Gasteiger partial charge in [0.05, 0.1) is 16.5 Å². The number of halogens is 1. The number of anilines is 1. The number of aryl methyl sites for hydroxylation is 2. The van der Waals surface area contributed by atoms with Gasteiger partial charge in [-0.05, 0) is 42.5 Å². The maximum absolute atomic E-state index is 12.2. The van der Waals surface area contributed by atoms with Crippen LogP contribution in [0.2, 0.25) is 5.02 Å². The molecule has 1 amide bonds. The minimum absolute atomic E-state index is 0.136. The number of hydrogen-bond donors (Lipinski definition) is 2. The predicted octanol–water partition coefficient (Wildman–Crippen LogP) is 4.46. The number of amides is 1. The van der Waals surface area contributed by atoms with Gasteiger partial charge in [-0.15, -0.1) is 16.4 Å². The van der Waals surface area contributed by atoms with Crippen molar-refractivity contribution >= 4 is 46.3 Å². The van der Waals surface area contributed by atoms with Gasteiger partial charge < -0.3 is 5.32 Å². The fourth-order valence-electron chi connectivity index (χ4n) is 2.38. The second kappa shape index (κ2) is 8.03. The summed E-state index contributed by atoms with van der Waals surface area (Å²) in [5, 5.41) is 13.1. The maximum atomic E-state index is 12.2. The van der Waals surface area contributed by atoms with E-state index < -0.39 is 0 Å². The Labute approximate surface area is 159 Å². The lowest BCUT2D eigenvalue weighted by atomic mass is 10.1. The van der Waals surface area contributed by atoms with E-state index in [2.05, 4.69) is 26.6 Å². The number of benzene rings is 1. The highest BCUT2D eigenvalue weighted by Crippen LogP contribution is 2.27. The van der Waals surface area contributed by atoms with Crippen LogP contribution >= 0.6 is 34.7 Å². The molecule has 0 radical (unpaired) electrons. The number of thioether (sulfide) groups is 1. The smallest absolute Gasteiger partial charge is 0.234 e. The van der Waals surface area contributed by atoms with Crippen molar-refractivity contribution in [3.63, 3.8) is 0 Å². The van der Waals surface area contributed by atoms with Gasteiger partial charge in [-0.3, -0.25) is 9.89 Å². The minimum Gasteiger partial charge on any atom is -0.324 e. The molecule has 0 saturated carbocycles. The Morgan fingerprint density at radius 2 is 2.24 bits per heavy atom. The van der Waals surface area contributed by atoms with Crippen LogP contribution in [0.1, 0.15) is 21.8 Å². The second-order valence-electron chi connectivity index (χ2n) is 5.60. The number of hydrogen-bond acceptors (Lipinski definition) is 5. The third-order valence-electron chi connectivity index (χ3n) is 3.46. The summed E-state index contributed by atoms with van der Waals surface area (Å²) in [6.45, 7) is 3.89. The van der Waals surface area contributed by atoms with E-state index in [1.807, 2.05) is 37.4 Å². The number of carbonyl (C=O) groups is 1. The van der Waals surface area contributed by atoms with Gasteiger partial charge in [0.25, 0.3) is 0 Å². The zero-order valence-corrected chi connectivity index (χ0v) is 16.2. The molecule has 8 heteroatoms. The molecular formula is C17H17ClN4OS2. The van der Waals surface area contributed by atoms with Gasteiger partial charge >= 0.3 is 0 Å². The van der Waals surface area contributed by atoms with Crippen molar-refractivity contribution in [3.8, 4) is 0 Å². The SMILES string of the molecule is Cc1cc(C)c(NC(=O)CSc2n[nH]c(Cc3cccs3)n2)c(Cl)c1. The van der Waals surface area contributed by atoms with E-state index >= 15 is 0 Å². The van der Waals surface area contributed by atoms with Crippen LogP contribution < -0.4 is 5.32 Å². The molecular weight excluding hydrogens is 376 g/mol. The summed E-state index contributed by atoms with van der Waals surface area (Å²) < 4.78 is 0. The van der Waals surface area contributed by atoms with E-state index in [9.17, 15) is 4.79 Å². The Morgan fingerprint density at radius 1 is 1.40 bits per heavy atom. The summed E-state index contributed by atoms with van der Waals surface area (Å²) in [6.07, 6.45) is 0.718. The number of nitrogens with zero attached hydrogens (tertiary/aromatic N) is 2. The minimum atomic E-state index is -0.136. The second-order valence-corrected chi connectivity index (χ2v) is 7.98. The Bertz CT molecular complexity index is 854. The van der Waals surface area contributed by atoms with Crippen molar-refractivity contribution in [2.24, 2.45) is 0 Å². The van der Waals surface area contributed by atoms with Crippen molar-refractivity contribution in [1.29, 1.82) is 0 Å². The Kier molecular flexibility index (Phi) is 5.78. The molecule has 130 valence electrons. The van der Waals surface area contributed by atoms with Crippen LogP contribution in [0.15, 0.2) is 34.8 Å². The van der Waals surface area contributed by atoms with Gasteiger partial charge in [0.1, 0.15) is 5.82 Å². The molecule has 0 atom stereocenters. The van der Waals surface area contributed by atoms with E-state index in [4.69, 9.17) is 11.6 Å². The highest BCUT2D eigenvalue weighted by Gasteiger charge is 2.12. The van der Waals surface area contributed by atoms with Gasteiger partial charge in [-0.1, -0.05) is 35.5 Å². The molecule has 0 unspecified atom stereocenters. The first kappa shape index (κ1) is 18.0. The summed E-state index contributed by atoms with van der Waals surface area (Å²) in [6, 6.07) is 7.89. The van der Waals surface area contributed by atoms with Crippen molar-refractivity contribution in [2.45, 2.75) is 25.4 Å². The lowest BCUT2D eigenvalue weighted by Gasteiger charge is -2.11. The number of aromatic nitrogens is 3. The van der Waals surface area contributed by atoms with Crippen LogP contribution in [0.25, 0.3) is 0 Å². The molecule has 0 aliphatic carbocycles. The van der Waals surface area contributed by atoms with E-state index in [1.54, 1.807) is 11.3 Å². The lowest BCUT2D eigenvalue weighted by molar-refractivity contribution is -0.113. The average molecular weight is 393 g/mol. The zero-order chi connectivity index (χ0) is 17.8. The molecule has 5 nitrogen and oxygen atoms in total. The Balaban J connectivity index is 1.55. The molecule has 1 aromatic carbocycles. The highest BCUT2D eigenvalue weighted by atomic mass is 35.5. The van der Waals surface area contributed by atoms with E-state index in [0.717, 1.165) is 23.4 Å². The molecule has 2 aromatic heterocycles. The molecule has 3 rings (SSSR count). The maximum Gasteiger partial charge on any atom is 0.234 e. The highest BCUT2D eigenvalue weighted by molar-refractivity contribution is 7.99. The first-order valence-electron chi connectivity index (χ1n) is 7.64. The molecule has 2 N–H and O–H groups in total. The molecule has 0 aliphatic heterocycles. The van der Waals surface area contributed by atoms with E-state index in [1.165, 1.54) is 16.6 Å². The topological polar surface area (TPSA) is 70.7 Å². The third-order valence-corrected chi connectivity index (χ3v) is 5.48.